The summed E-state index contributed by atoms with van der Waals surface area (Å²) in [7, 11) is 0. The first kappa shape index (κ1) is 14.3. The smallest absolute Gasteiger partial charge is 0.0710 e. The Morgan fingerprint density at radius 2 is 1.94 bits per heavy atom. The third-order valence-corrected chi connectivity index (χ3v) is 4.39. The molecule has 0 aliphatic carbocycles. The normalized spacial score (nSPS) is 31.7. The monoisotopic (exact) mass is 255 g/mol. The minimum atomic E-state index is 0.0978. The van der Waals surface area contributed by atoms with Crippen molar-refractivity contribution in [3.63, 3.8) is 0 Å². The standard InChI is InChI=1S/C14H29N3O/c1-12(10-15)17-8-6-16(7-9-17)11-13-4-5-14(2,3)18-13/h12-13H,4-11,15H2,1-3H3. The molecule has 2 heterocycles. The molecule has 106 valence electrons. The highest BCUT2D eigenvalue weighted by molar-refractivity contribution is 4.84. The lowest BCUT2D eigenvalue weighted by molar-refractivity contribution is -0.0347. The first-order valence-corrected chi connectivity index (χ1v) is 7.34. The SMILES string of the molecule is CC(CN)N1CCN(CC2CCC(C)(C)O2)CC1. The maximum Gasteiger partial charge on any atom is 0.0710 e. The number of ether oxygens (including phenoxy) is 1. The van der Waals surface area contributed by atoms with Crippen LogP contribution in [-0.4, -0.2) is 66.8 Å². The Labute approximate surface area is 111 Å². The summed E-state index contributed by atoms with van der Waals surface area (Å²) < 4.78 is 6.07. The largest absolute Gasteiger partial charge is 0.371 e. The molecular formula is C14H29N3O. The van der Waals surface area contributed by atoms with Gasteiger partial charge in [-0.05, 0) is 33.6 Å². The summed E-state index contributed by atoms with van der Waals surface area (Å²) >= 11 is 0. The second-order valence-electron chi connectivity index (χ2n) is 6.46. The number of rotatable bonds is 4. The van der Waals surface area contributed by atoms with E-state index in [0.717, 1.165) is 39.3 Å². The molecule has 2 unspecified atom stereocenters. The van der Waals surface area contributed by atoms with Crippen LogP contribution in [0.15, 0.2) is 0 Å². The third-order valence-electron chi connectivity index (χ3n) is 4.39. The van der Waals surface area contributed by atoms with Gasteiger partial charge in [-0.2, -0.15) is 0 Å². The van der Waals surface area contributed by atoms with E-state index in [4.69, 9.17) is 10.5 Å². The minimum Gasteiger partial charge on any atom is -0.371 e. The number of nitrogens with zero attached hydrogens (tertiary/aromatic N) is 2. The van der Waals surface area contributed by atoms with Crippen molar-refractivity contribution in [2.75, 3.05) is 39.3 Å². The van der Waals surface area contributed by atoms with E-state index in [0.29, 0.717) is 12.1 Å². The predicted octanol–water partition coefficient (Wildman–Crippen LogP) is 0.909. The fraction of sp³-hybridized carbons (Fsp3) is 1.00. The molecule has 2 saturated heterocycles. The van der Waals surface area contributed by atoms with Crippen LogP contribution in [0.5, 0.6) is 0 Å². The first-order chi connectivity index (χ1) is 8.50. The molecule has 0 radical (unpaired) electrons. The van der Waals surface area contributed by atoms with E-state index < -0.39 is 0 Å². The number of piperazine rings is 1. The molecule has 18 heavy (non-hydrogen) atoms. The highest BCUT2D eigenvalue weighted by Gasteiger charge is 2.33. The van der Waals surface area contributed by atoms with Gasteiger partial charge < -0.3 is 10.5 Å². The molecule has 2 fully saturated rings. The van der Waals surface area contributed by atoms with Gasteiger partial charge in [0.05, 0.1) is 11.7 Å². The van der Waals surface area contributed by atoms with Gasteiger partial charge in [-0.1, -0.05) is 0 Å². The number of hydrogen-bond donors (Lipinski definition) is 1. The van der Waals surface area contributed by atoms with Gasteiger partial charge in [-0.3, -0.25) is 9.80 Å². The van der Waals surface area contributed by atoms with Gasteiger partial charge in [0.2, 0.25) is 0 Å². The summed E-state index contributed by atoms with van der Waals surface area (Å²) in [5.41, 5.74) is 5.82. The summed E-state index contributed by atoms with van der Waals surface area (Å²) in [6, 6.07) is 0.522. The molecule has 0 amide bonds. The van der Waals surface area contributed by atoms with Crippen molar-refractivity contribution in [2.24, 2.45) is 5.73 Å². The van der Waals surface area contributed by atoms with Crippen molar-refractivity contribution in [2.45, 2.75) is 51.4 Å². The molecule has 2 aliphatic rings. The van der Waals surface area contributed by atoms with E-state index in [1.807, 2.05) is 0 Å². The van der Waals surface area contributed by atoms with Gasteiger partial charge >= 0.3 is 0 Å². The van der Waals surface area contributed by atoms with Crippen molar-refractivity contribution in [1.82, 2.24) is 9.80 Å². The first-order valence-electron chi connectivity index (χ1n) is 7.34. The van der Waals surface area contributed by atoms with Crippen molar-refractivity contribution >= 4 is 0 Å². The van der Waals surface area contributed by atoms with Crippen LogP contribution >= 0.6 is 0 Å². The zero-order chi connectivity index (χ0) is 13.2. The number of nitrogens with two attached hydrogens (primary N) is 1. The van der Waals surface area contributed by atoms with E-state index >= 15 is 0 Å². The molecule has 0 saturated carbocycles. The zero-order valence-electron chi connectivity index (χ0n) is 12.2. The Morgan fingerprint density at radius 1 is 1.28 bits per heavy atom. The Hall–Kier alpha value is -0.160. The molecular weight excluding hydrogens is 226 g/mol. The maximum absolute atomic E-state index is 6.07. The summed E-state index contributed by atoms with van der Waals surface area (Å²) in [6.07, 6.45) is 2.85. The molecule has 2 N–H and O–H groups in total. The van der Waals surface area contributed by atoms with Crippen LogP contribution in [0.2, 0.25) is 0 Å². The van der Waals surface area contributed by atoms with Crippen molar-refractivity contribution in [1.29, 1.82) is 0 Å². The highest BCUT2D eigenvalue weighted by Crippen LogP contribution is 2.29. The minimum absolute atomic E-state index is 0.0978. The molecule has 0 aromatic carbocycles. The van der Waals surface area contributed by atoms with Crippen LogP contribution in [0.3, 0.4) is 0 Å². The summed E-state index contributed by atoms with van der Waals surface area (Å²) in [4.78, 5) is 5.04. The van der Waals surface area contributed by atoms with Gasteiger partial charge in [0, 0.05) is 45.3 Å². The average molecular weight is 255 g/mol. The molecule has 2 atom stereocenters. The Balaban J connectivity index is 1.71. The second kappa shape index (κ2) is 5.87. The lowest BCUT2D eigenvalue weighted by Gasteiger charge is -2.38. The molecule has 0 bridgehead atoms. The van der Waals surface area contributed by atoms with E-state index in [9.17, 15) is 0 Å². The van der Waals surface area contributed by atoms with E-state index in [1.165, 1.54) is 12.8 Å². The summed E-state index contributed by atoms with van der Waals surface area (Å²) in [6.45, 7) is 13.1. The lowest BCUT2D eigenvalue weighted by atomic mass is 10.1. The van der Waals surface area contributed by atoms with E-state index in [1.54, 1.807) is 0 Å². The number of hydrogen-bond acceptors (Lipinski definition) is 4. The Morgan fingerprint density at radius 3 is 2.44 bits per heavy atom. The fourth-order valence-corrected chi connectivity index (χ4v) is 3.03. The van der Waals surface area contributed by atoms with Gasteiger partial charge in [-0.25, -0.2) is 0 Å². The predicted molar refractivity (Wildman–Crippen MR) is 74.7 cm³/mol. The van der Waals surface area contributed by atoms with E-state index in [2.05, 4.69) is 30.6 Å². The quantitative estimate of drug-likeness (QED) is 0.811. The van der Waals surface area contributed by atoms with Crippen LogP contribution in [0.4, 0.5) is 0 Å². The molecule has 4 nitrogen and oxygen atoms in total. The zero-order valence-corrected chi connectivity index (χ0v) is 12.2. The van der Waals surface area contributed by atoms with Gasteiger partial charge in [-0.15, -0.1) is 0 Å². The Kier molecular flexibility index (Phi) is 4.64. The van der Waals surface area contributed by atoms with Crippen LogP contribution in [0, 0.1) is 0 Å². The van der Waals surface area contributed by atoms with Crippen molar-refractivity contribution in [3.05, 3.63) is 0 Å². The average Bonchev–Trinajstić information content (AvgIpc) is 2.68. The molecule has 0 spiro atoms. The van der Waals surface area contributed by atoms with Gasteiger partial charge in [0.15, 0.2) is 0 Å². The maximum atomic E-state index is 6.07. The van der Waals surface area contributed by atoms with Crippen molar-refractivity contribution < 1.29 is 4.74 Å². The van der Waals surface area contributed by atoms with Gasteiger partial charge in [0.25, 0.3) is 0 Å². The summed E-state index contributed by atoms with van der Waals surface area (Å²) in [5, 5.41) is 0. The summed E-state index contributed by atoms with van der Waals surface area (Å²) in [5.74, 6) is 0. The molecule has 2 aliphatic heterocycles. The van der Waals surface area contributed by atoms with Crippen LogP contribution in [0.1, 0.15) is 33.6 Å². The topological polar surface area (TPSA) is 41.7 Å². The third kappa shape index (κ3) is 3.67. The second-order valence-corrected chi connectivity index (χ2v) is 6.46. The van der Waals surface area contributed by atoms with E-state index in [-0.39, 0.29) is 5.60 Å². The fourth-order valence-electron chi connectivity index (χ4n) is 3.03. The van der Waals surface area contributed by atoms with Crippen molar-refractivity contribution in [3.8, 4) is 0 Å². The molecule has 0 aromatic heterocycles. The van der Waals surface area contributed by atoms with Gasteiger partial charge in [0.1, 0.15) is 0 Å². The Bertz CT molecular complexity index is 262. The van der Waals surface area contributed by atoms with Crippen LogP contribution in [-0.2, 0) is 4.74 Å². The highest BCUT2D eigenvalue weighted by atomic mass is 16.5. The van der Waals surface area contributed by atoms with Crippen LogP contribution in [0.25, 0.3) is 0 Å². The van der Waals surface area contributed by atoms with Crippen LogP contribution < -0.4 is 5.73 Å². The lowest BCUT2D eigenvalue weighted by Crippen LogP contribution is -2.52. The molecule has 0 aromatic rings. The molecule has 2 rings (SSSR count). The molecule has 4 heteroatoms.